The SMILES string of the molecule is CCCCC#CC(OC(C)=O)c1ccccc1C. The highest BCUT2D eigenvalue weighted by Crippen LogP contribution is 2.20. The standard InChI is InChI=1S/C16H20O2/c1-4-5-6-7-12-16(18-14(3)17)15-11-9-8-10-13(15)2/h8-11,16H,4-6H2,1-3H3. The molecule has 1 atom stereocenters. The van der Waals surface area contributed by atoms with Crippen molar-refractivity contribution in [3.05, 3.63) is 35.4 Å². The molecular weight excluding hydrogens is 224 g/mol. The average molecular weight is 244 g/mol. The van der Waals surface area contributed by atoms with Crippen molar-refractivity contribution < 1.29 is 9.53 Å². The van der Waals surface area contributed by atoms with Gasteiger partial charge in [-0.3, -0.25) is 4.79 Å². The van der Waals surface area contributed by atoms with Crippen LogP contribution in [-0.2, 0) is 9.53 Å². The molecule has 1 aromatic carbocycles. The van der Waals surface area contributed by atoms with E-state index < -0.39 is 6.10 Å². The van der Waals surface area contributed by atoms with Crippen LogP contribution in [-0.4, -0.2) is 5.97 Å². The number of aryl methyl sites for hydroxylation is 1. The summed E-state index contributed by atoms with van der Waals surface area (Å²) in [7, 11) is 0. The Kier molecular flexibility index (Phi) is 6.00. The molecule has 0 amide bonds. The molecule has 0 aliphatic heterocycles. The lowest BCUT2D eigenvalue weighted by atomic mass is 10.0. The fourth-order valence-corrected chi connectivity index (χ4v) is 1.65. The van der Waals surface area contributed by atoms with Crippen molar-refractivity contribution in [3.8, 4) is 11.8 Å². The lowest BCUT2D eigenvalue weighted by Crippen LogP contribution is -2.08. The van der Waals surface area contributed by atoms with E-state index in [0.29, 0.717) is 0 Å². The Balaban J connectivity index is 2.87. The van der Waals surface area contributed by atoms with E-state index >= 15 is 0 Å². The van der Waals surface area contributed by atoms with Crippen LogP contribution >= 0.6 is 0 Å². The van der Waals surface area contributed by atoms with Crippen LogP contribution < -0.4 is 0 Å². The minimum absolute atomic E-state index is 0.298. The molecule has 96 valence electrons. The minimum Gasteiger partial charge on any atom is -0.444 e. The van der Waals surface area contributed by atoms with Crippen LogP contribution in [0.2, 0.25) is 0 Å². The summed E-state index contributed by atoms with van der Waals surface area (Å²) in [6.07, 6.45) is 2.60. The maximum atomic E-state index is 11.1. The van der Waals surface area contributed by atoms with E-state index in [4.69, 9.17) is 4.74 Å². The quantitative estimate of drug-likeness (QED) is 0.457. The molecule has 0 N–H and O–H groups in total. The molecule has 0 bridgehead atoms. The number of unbranched alkanes of at least 4 members (excludes halogenated alkanes) is 2. The van der Waals surface area contributed by atoms with Gasteiger partial charge in [-0.1, -0.05) is 49.5 Å². The number of hydrogen-bond acceptors (Lipinski definition) is 2. The molecule has 0 radical (unpaired) electrons. The van der Waals surface area contributed by atoms with Crippen molar-refractivity contribution in [1.82, 2.24) is 0 Å². The fraction of sp³-hybridized carbons (Fsp3) is 0.438. The van der Waals surface area contributed by atoms with Gasteiger partial charge in [0, 0.05) is 18.9 Å². The van der Waals surface area contributed by atoms with Gasteiger partial charge in [-0.25, -0.2) is 0 Å². The lowest BCUT2D eigenvalue weighted by Gasteiger charge is -2.13. The second-order valence-electron chi connectivity index (χ2n) is 4.27. The van der Waals surface area contributed by atoms with Crippen molar-refractivity contribution in [3.63, 3.8) is 0 Å². The molecule has 2 heteroatoms. The monoisotopic (exact) mass is 244 g/mol. The Morgan fingerprint density at radius 3 is 2.72 bits per heavy atom. The molecular formula is C16H20O2. The summed E-state index contributed by atoms with van der Waals surface area (Å²) in [6, 6.07) is 7.86. The van der Waals surface area contributed by atoms with Gasteiger partial charge in [0.1, 0.15) is 0 Å². The molecule has 18 heavy (non-hydrogen) atoms. The zero-order chi connectivity index (χ0) is 13.4. The number of hydrogen-bond donors (Lipinski definition) is 0. The van der Waals surface area contributed by atoms with Crippen LogP contribution in [0.4, 0.5) is 0 Å². The lowest BCUT2D eigenvalue weighted by molar-refractivity contribution is -0.144. The molecule has 0 heterocycles. The first-order chi connectivity index (χ1) is 8.65. The van der Waals surface area contributed by atoms with Crippen LogP contribution in [0.5, 0.6) is 0 Å². The van der Waals surface area contributed by atoms with Gasteiger partial charge in [0.25, 0.3) is 0 Å². The molecule has 0 aliphatic rings. The maximum absolute atomic E-state index is 11.1. The summed E-state index contributed by atoms with van der Waals surface area (Å²) in [6.45, 7) is 5.55. The second kappa shape index (κ2) is 7.55. The van der Waals surface area contributed by atoms with Gasteiger partial charge in [-0.2, -0.15) is 0 Å². The van der Waals surface area contributed by atoms with E-state index in [1.54, 1.807) is 0 Å². The third kappa shape index (κ3) is 4.63. The third-order valence-electron chi connectivity index (χ3n) is 2.64. The zero-order valence-corrected chi connectivity index (χ0v) is 11.3. The van der Waals surface area contributed by atoms with E-state index in [2.05, 4.69) is 18.8 Å². The van der Waals surface area contributed by atoms with Gasteiger partial charge in [0.05, 0.1) is 0 Å². The Hall–Kier alpha value is -1.75. The highest BCUT2D eigenvalue weighted by molar-refractivity contribution is 5.66. The van der Waals surface area contributed by atoms with Gasteiger partial charge in [0.15, 0.2) is 6.10 Å². The van der Waals surface area contributed by atoms with E-state index in [1.807, 2.05) is 31.2 Å². The van der Waals surface area contributed by atoms with E-state index in [9.17, 15) is 4.79 Å². The topological polar surface area (TPSA) is 26.3 Å². The van der Waals surface area contributed by atoms with Crippen molar-refractivity contribution in [2.75, 3.05) is 0 Å². The van der Waals surface area contributed by atoms with Crippen molar-refractivity contribution >= 4 is 5.97 Å². The third-order valence-corrected chi connectivity index (χ3v) is 2.64. The molecule has 0 fully saturated rings. The van der Waals surface area contributed by atoms with Gasteiger partial charge in [-0.15, -0.1) is 0 Å². The maximum Gasteiger partial charge on any atom is 0.304 e. The van der Waals surface area contributed by atoms with E-state index in [0.717, 1.165) is 30.4 Å². The number of carbonyl (C=O) groups excluding carboxylic acids is 1. The Morgan fingerprint density at radius 1 is 1.39 bits per heavy atom. The molecule has 1 rings (SSSR count). The van der Waals surface area contributed by atoms with E-state index in [-0.39, 0.29) is 5.97 Å². The van der Waals surface area contributed by atoms with Gasteiger partial charge >= 0.3 is 5.97 Å². The summed E-state index contributed by atoms with van der Waals surface area (Å²) < 4.78 is 5.28. The van der Waals surface area contributed by atoms with Crippen molar-refractivity contribution in [2.45, 2.75) is 46.1 Å². The fourth-order valence-electron chi connectivity index (χ4n) is 1.65. The summed E-state index contributed by atoms with van der Waals surface area (Å²) in [5.74, 6) is 5.84. The molecule has 0 saturated heterocycles. The van der Waals surface area contributed by atoms with Gasteiger partial charge in [-0.05, 0) is 18.9 Å². The molecule has 0 aromatic heterocycles. The highest BCUT2D eigenvalue weighted by atomic mass is 16.5. The summed E-state index contributed by atoms with van der Waals surface area (Å²) >= 11 is 0. The smallest absolute Gasteiger partial charge is 0.304 e. The molecule has 1 aromatic rings. The number of benzene rings is 1. The first-order valence-electron chi connectivity index (χ1n) is 6.36. The largest absolute Gasteiger partial charge is 0.444 e. The normalized spacial score (nSPS) is 11.3. The van der Waals surface area contributed by atoms with Crippen LogP contribution in [0.25, 0.3) is 0 Å². The number of esters is 1. The van der Waals surface area contributed by atoms with Crippen LogP contribution in [0.15, 0.2) is 24.3 Å². The zero-order valence-electron chi connectivity index (χ0n) is 11.3. The first-order valence-corrected chi connectivity index (χ1v) is 6.36. The Bertz CT molecular complexity index is 452. The predicted octanol–water partition coefficient (Wildman–Crippen LogP) is 3.79. The number of carbonyl (C=O) groups is 1. The Labute approximate surface area is 109 Å². The van der Waals surface area contributed by atoms with Crippen molar-refractivity contribution in [2.24, 2.45) is 0 Å². The summed E-state index contributed by atoms with van der Waals surface area (Å²) in [4.78, 5) is 11.1. The Morgan fingerprint density at radius 2 is 2.11 bits per heavy atom. The average Bonchev–Trinajstić information content (AvgIpc) is 2.33. The van der Waals surface area contributed by atoms with Crippen LogP contribution in [0, 0.1) is 18.8 Å². The van der Waals surface area contributed by atoms with Crippen LogP contribution in [0.3, 0.4) is 0 Å². The van der Waals surface area contributed by atoms with Gasteiger partial charge < -0.3 is 4.74 Å². The highest BCUT2D eigenvalue weighted by Gasteiger charge is 2.13. The number of rotatable bonds is 4. The second-order valence-corrected chi connectivity index (χ2v) is 4.27. The minimum atomic E-state index is -0.444. The van der Waals surface area contributed by atoms with Crippen molar-refractivity contribution in [1.29, 1.82) is 0 Å². The molecule has 2 nitrogen and oxygen atoms in total. The molecule has 0 spiro atoms. The predicted molar refractivity (Wildman–Crippen MR) is 73.0 cm³/mol. The summed E-state index contributed by atoms with van der Waals surface area (Å²) in [5, 5.41) is 0. The van der Waals surface area contributed by atoms with E-state index in [1.165, 1.54) is 6.92 Å². The summed E-state index contributed by atoms with van der Waals surface area (Å²) in [5.41, 5.74) is 2.06. The molecule has 0 saturated carbocycles. The number of ether oxygens (including phenoxy) is 1. The molecule has 0 aliphatic carbocycles. The first kappa shape index (κ1) is 14.3. The van der Waals surface area contributed by atoms with Gasteiger partial charge in [0.2, 0.25) is 0 Å². The molecule has 1 unspecified atom stereocenters. The van der Waals surface area contributed by atoms with Crippen LogP contribution in [0.1, 0.15) is 50.3 Å².